The van der Waals surface area contributed by atoms with Crippen molar-refractivity contribution in [1.82, 2.24) is 9.55 Å². The van der Waals surface area contributed by atoms with E-state index in [4.69, 9.17) is 15.2 Å². The lowest BCUT2D eigenvalue weighted by molar-refractivity contribution is 0.297. The predicted molar refractivity (Wildman–Crippen MR) is 103 cm³/mol. The molecule has 5 rings (SSSR count). The first-order valence-corrected chi connectivity index (χ1v) is 9.26. The molecule has 0 saturated heterocycles. The van der Waals surface area contributed by atoms with Crippen molar-refractivity contribution in [3.05, 3.63) is 46.2 Å². The number of nitrogens with zero attached hydrogens (tertiary/aromatic N) is 3. The maximum Gasteiger partial charge on any atom is 0.212 e. The third kappa shape index (κ3) is 2.69. The molecule has 1 aromatic heterocycles. The van der Waals surface area contributed by atoms with Gasteiger partial charge in [-0.05, 0) is 18.2 Å². The zero-order valence-corrected chi connectivity index (χ0v) is 15.7. The number of halogens is 2. The topological polar surface area (TPSA) is 86.7 Å². The first-order valence-electron chi connectivity index (χ1n) is 8.47. The highest BCUT2D eigenvalue weighted by Gasteiger charge is 2.28. The van der Waals surface area contributed by atoms with Crippen LogP contribution in [-0.2, 0) is 0 Å². The van der Waals surface area contributed by atoms with Crippen LogP contribution in [0.5, 0.6) is 11.5 Å². The molecule has 27 heavy (non-hydrogen) atoms. The molecule has 2 aromatic carbocycles. The molecule has 138 valence electrons. The molecule has 2 aliphatic rings. The summed E-state index contributed by atoms with van der Waals surface area (Å²) in [6, 6.07) is 8.42. The summed E-state index contributed by atoms with van der Waals surface area (Å²) in [7, 11) is 0. The number of aromatic nitrogens is 2. The molecule has 0 spiro atoms. The molecule has 0 aliphatic carbocycles. The van der Waals surface area contributed by atoms with Crippen molar-refractivity contribution < 1.29 is 13.9 Å². The smallest absolute Gasteiger partial charge is 0.212 e. The average molecular weight is 432 g/mol. The minimum atomic E-state index is -0.687. The summed E-state index contributed by atoms with van der Waals surface area (Å²) in [5, 5.41) is 2.95. The first kappa shape index (κ1) is 16.4. The van der Waals surface area contributed by atoms with E-state index < -0.39 is 6.17 Å². The Labute approximate surface area is 162 Å². The zero-order chi connectivity index (χ0) is 18.5. The van der Waals surface area contributed by atoms with Gasteiger partial charge in [-0.2, -0.15) is 0 Å². The number of nitrogens with two attached hydrogens (primary N) is 1. The Morgan fingerprint density at radius 3 is 2.78 bits per heavy atom. The number of guanidine groups is 1. The fraction of sp³-hybridized carbons (Fsp3) is 0.222. The molecule has 0 unspecified atom stereocenters. The van der Waals surface area contributed by atoms with Crippen LogP contribution in [0.25, 0.3) is 11.0 Å². The average Bonchev–Trinajstić information content (AvgIpc) is 2.82. The number of nitrogens with one attached hydrogen (secondary N) is 1. The molecule has 0 radical (unpaired) electrons. The van der Waals surface area contributed by atoms with Crippen LogP contribution in [0.15, 0.2) is 39.8 Å². The van der Waals surface area contributed by atoms with Crippen molar-refractivity contribution in [2.75, 3.05) is 18.5 Å². The Morgan fingerprint density at radius 2 is 1.96 bits per heavy atom. The largest absolute Gasteiger partial charge is 0.489 e. The highest BCUT2D eigenvalue weighted by atomic mass is 79.9. The van der Waals surface area contributed by atoms with Crippen LogP contribution in [-0.4, -0.2) is 28.7 Å². The fourth-order valence-corrected chi connectivity index (χ4v) is 3.72. The van der Waals surface area contributed by atoms with Crippen LogP contribution in [0.2, 0.25) is 0 Å². The number of aliphatic imine (C=N–C) groups is 1. The fourth-order valence-electron chi connectivity index (χ4n) is 3.34. The van der Waals surface area contributed by atoms with Gasteiger partial charge in [0.15, 0.2) is 23.6 Å². The van der Waals surface area contributed by atoms with Crippen LogP contribution < -0.4 is 20.5 Å². The number of ether oxygens (including phenoxy) is 2. The number of rotatable bonds is 1. The quantitative estimate of drug-likeness (QED) is 0.616. The molecule has 0 amide bonds. The summed E-state index contributed by atoms with van der Waals surface area (Å²) in [4.78, 5) is 9.01. The second-order valence-corrected chi connectivity index (χ2v) is 7.24. The van der Waals surface area contributed by atoms with Crippen LogP contribution in [0, 0.1) is 5.82 Å². The third-order valence-electron chi connectivity index (χ3n) is 4.54. The molecule has 9 heteroatoms. The van der Waals surface area contributed by atoms with Gasteiger partial charge in [0.05, 0.1) is 24.2 Å². The standard InChI is InChI=1S/C18H15BrFN5O2/c19-9-2-3-11(20)10(6-9)16-23-17(21)24-18-22-12-7-14-15(8-13(12)25(16)18)27-5-1-4-26-14/h2-3,6-8,16H,1,4-5H2,(H3,21,22,23,24)/t16-/m0/s1. The second kappa shape index (κ2) is 6.12. The Balaban J connectivity index is 1.74. The Bertz CT molecular complexity index is 1100. The summed E-state index contributed by atoms with van der Waals surface area (Å²) in [5.74, 6) is 1.58. The molecular formula is C18H15BrFN5O2. The van der Waals surface area contributed by atoms with Gasteiger partial charge in [0.25, 0.3) is 0 Å². The van der Waals surface area contributed by atoms with Crippen molar-refractivity contribution in [1.29, 1.82) is 0 Å². The minimum Gasteiger partial charge on any atom is -0.489 e. The summed E-state index contributed by atoms with van der Waals surface area (Å²) < 4.78 is 28.7. The highest BCUT2D eigenvalue weighted by molar-refractivity contribution is 9.10. The molecule has 7 nitrogen and oxygen atoms in total. The van der Waals surface area contributed by atoms with E-state index in [-0.39, 0.29) is 11.8 Å². The van der Waals surface area contributed by atoms with Gasteiger partial charge in [0.2, 0.25) is 5.95 Å². The number of benzene rings is 2. The number of hydrogen-bond acceptors (Lipinski definition) is 6. The van der Waals surface area contributed by atoms with Gasteiger partial charge in [-0.15, -0.1) is 0 Å². The van der Waals surface area contributed by atoms with Gasteiger partial charge >= 0.3 is 0 Å². The van der Waals surface area contributed by atoms with Gasteiger partial charge in [-0.1, -0.05) is 15.9 Å². The summed E-state index contributed by atoms with van der Waals surface area (Å²) in [6.45, 7) is 1.17. The number of hydrogen-bond donors (Lipinski definition) is 2. The van der Waals surface area contributed by atoms with E-state index in [9.17, 15) is 4.39 Å². The van der Waals surface area contributed by atoms with E-state index in [1.807, 2.05) is 16.7 Å². The van der Waals surface area contributed by atoms with Crippen LogP contribution in [0.1, 0.15) is 18.2 Å². The van der Waals surface area contributed by atoms with E-state index in [0.29, 0.717) is 41.7 Å². The zero-order valence-electron chi connectivity index (χ0n) is 14.1. The van der Waals surface area contributed by atoms with Crippen molar-refractivity contribution >= 4 is 38.9 Å². The summed E-state index contributed by atoms with van der Waals surface area (Å²) in [5.41, 5.74) is 7.76. The third-order valence-corrected chi connectivity index (χ3v) is 5.03. The highest BCUT2D eigenvalue weighted by Crippen LogP contribution is 2.39. The molecular weight excluding hydrogens is 417 g/mol. The maximum atomic E-state index is 14.6. The predicted octanol–water partition coefficient (Wildman–Crippen LogP) is 3.39. The van der Waals surface area contributed by atoms with Crippen molar-refractivity contribution in [3.63, 3.8) is 0 Å². The van der Waals surface area contributed by atoms with Gasteiger partial charge in [-0.25, -0.2) is 14.4 Å². The Morgan fingerprint density at radius 1 is 1.19 bits per heavy atom. The van der Waals surface area contributed by atoms with E-state index in [2.05, 4.69) is 31.2 Å². The SMILES string of the molecule is NC1=N[C@H](c2cc(Br)ccc2F)n2c(nc3cc4c(cc32)OCCCO4)N1. The van der Waals surface area contributed by atoms with Crippen LogP contribution in [0.4, 0.5) is 10.3 Å². The molecule has 0 saturated carbocycles. The lowest BCUT2D eigenvalue weighted by Crippen LogP contribution is -2.31. The number of anilines is 1. The molecule has 2 aliphatic heterocycles. The van der Waals surface area contributed by atoms with Gasteiger partial charge in [-0.3, -0.25) is 9.88 Å². The van der Waals surface area contributed by atoms with E-state index in [1.165, 1.54) is 6.07 Å². The molecule has 3 aromatic rings. The molecule has 3 N–H and O–H groups in total. The van der Waals surface area contributed by atoms with Crippen molar-refractivity contribution in [3.8, 4) is 11.5 Å². The lowest BCUT2D eigenvalue weighted by atomic mass is 10.1. The first-order chi connectivity index (χ1) is 13.1. The second-order valence-electron chi connectivity index (χ2n) is 6.32. The maximum absolute atomic E-state index is 14.6. The Kier molecular flexibility index (Phi) is 3.71. The van der Waals surface area contributed by atoms with Crippen molar-refractivity contribution in [2.45, 2.75) is 12.6 Å². The molecule has 3 heterocycles. The van der Waals surface area contributed by atoms with Gasteiger partial charge in [0, 0.05) is 28.6 Å². The lowest BCUT2D eigenvalue weighted by Gasteiger charge is -2.24. The van der Waals surface area contributed by atoms with E-state index >= 15 is 0 Å². The number of fused-ring (bicyclic) bond motifs is 4. The molecule has 1 atom stereocenters. The van der Waals surface area contributed by atoms with Crippen LogP contribution >= 0.6 is 15.9 Å². The summed E-state index contributed by atoms with van der Waals surface area (Å²) in [6.07, 6.45) is 0.125. The van der Waals surface area contributed by atoms with Gasteiger partial charge < -0.3 is 15.2 Å². The monoisotopic (exact) mass is 431 g/mol. The summed E-state index contributed by atoms with van der Waals surface area (Å²) >= 11 is 3.39. The van der Waals surface area contributed by atoms with Crippen LogP contribution in [0.3, 0.4) is 0 Å². The van der Waals surface area contributed by atoms with Gasteiger partial charge in [0.1, 0.15) is 5.82 Å². The Hall–Kier alpha value is -2.81. The number of imidazole rings is 1. The molecule has 0 fully saturated rings. The van der Waals surface area contributed by atoms with Crippen molar-refractivity contribution in [2.24, 2.45) is 10.7 Å². The van der Waals surface area contributed by atoms with E-state index in [0.717, 1.165) is 16.4 Å². The van der Waals surface area contributed by atoms with E-state index in [1.54, 1.807) is 12.1 Å². The normalized spacial score (nSPS) is 18.4. The minimum absolute atomic E-state index is 0.177. The molecule has 0 bridgehead atoms.